The molecular weight excluding hydrogens is 282 g/mol. The molecule has 20 heavy (non-hydrogen) atoms. The topological polar surface area (TPSA) is 112 Å². The van der Waals surface area contributed by atoms with Crippen LogP contribution in [0.15, 0.2) is 17.6 Å². The van der Waals surface area contributed by atoms with Crippen molar-refractivity contribution in [3.8, 4) is 0 Å². The number of ether oxygens (including phenoxy) is 1. The van der Waals surface area contributed by atoms with E-state index < -0.39 is 11.9 Å². The number of rotatable bonds is 5. The van der Waals surface area contributed by atoms with Gasteiger partial charge in [0, 0.05) is 6.54 Å². The van der Waals surface area contributed by atoms with E-state index in [1.165, 1.54) is 29.3 Å². The lowest BCUT2D eigenvalue weighted by Gasteiger charge is -2.03. The van der Waals surface area contributed by atoms with E-state index in [0.29, 0.717) is 23.7 Å². The number of hydrogen-bond donors (Lipinski definition) is 2. The molecule has 0 radical (unpaired) electrons. The van der Waals surface area contributed by atoms with Crippen LogP contribution in [0.2, 0.25) is 0 Å². The maximum Gasteiger partial charge on any atom is 0.350 e. The number of aromatic nitrogens is 3. The van der Waals surface area contributed by atoms with Crippen molar-refractivity contribution in [1.82, 2.24) is 15.0 Å². The van der Waals surface area contributed by atoms with Crippen molar-refractivity contribution in [3.63, 3.8) is 0 Å². The molecule has 0 aliphatic rings. The van der Waals surface area contributed by atoms with Gasteiger partial charge in [-0.25, -0.2) is 4.79 Å². The lowest BCUT2D eigenvalue weighted by atomic mass is 10.3. The summed E-state index contributed by atoms with van der Waals surface area (Å²) < 4.78 is 6.11. The molecule has 0 saturated heterocycles. The Morgan fingerprint density at radius 1 is 1.55 bits per heavy atom. The zero-order valence-electron chi connectivity index (χ0n) is 10.7. The Morgan fingerprint density at radius 3 is 3.05 bits per heavy atom. The van der Waals surface area contributed by atoms with Crippen LogP contribution in [0.25, 0.3) is 0 Å². The van der Waals surface area contributed by atoms with Crippen LogP contribution in [0, 0.1) is 0 Å². The number of carbonyl (C=O) groups excluding carboxylic acids is 2. The second-order valence-electron chi connectivity index (χ2n) is 3.76. The first kappa shape index (κ1) is 14.2. The molecule has 0 atom stereocenters. The highest BCUT2D eigenvalue weighted by molar-refractivity contribution is 7.12. The number of hydrogen-bond acceptors (Lipinski definition) is 7. The van der Waals surface area contributed by atoms with E-state index in [2.05, 4.69) is 20.4 Å². The van der Waals surface area contributed by atoms with Crippen molar-refractivity contribution in [1.29, 1.82) is 0 Å². The largest absolute Gasteiger partial charge is 0.465 e. The quantitative estimate of drug-likeness (QED) is 0.769. The number of nitrogens with zero attached hydrogens (tertiary/aromatic N) is 3. The molecule has 1 amide bonds. The molecule has 3 N–H and O–H groups in total. The molecule has 2 heterocycles. The molecule has 0 aliphatic carbocycles. The molecule has 0 unspecified atom stereocenters. The number of amides is 1. The van der Waals surface area contributed by atoms with Crippen LogP contribution in [0.3, 0.4) is 0 Å². The van der Waals surface area contributed by atoms with Crippen LogP contribution in [-0.4, -0.2) is 40.5 Å². The summed E-state index contributed by atoms with van der Waals surface area (Å²) in [6, 6.07) is 1.62. The highest BCUT2D eigenvalue weighted by Gasteiger charge is 2.17. The molecule has 0 fully saturated rings. The Labute approximate surface area is 118 Å². The van der Waals surface area contributed by atoms with Gasteiger partial charge in [0.05, 0.1) is 25.5 Å². The second-order valence-corrected chi connectivity index (χ2v) is 4.68. The first-order valence-electron chi connectivity index (χ1n) is 5.73. The third-order valence-electron chi connectivity index (χ3n) is 2.41. The monoisotopic (exact) mass is 295 g/mol. The van der Waals surface area contributed by atoms with Gasteiger partial charge in [-0.1, -0.05) is 5.21 Å². The third kappa shape index (κ3) is 3.00. The van der Waals surface area contributed by atoms with Gasteiger partial charge in [0.2, 0.25) is 0 Å². The maximum atomic E-state index is 12.0. The van der Waals surface area contributed by atoms with Gasteiger partial charge in [0.1, 0.15) is 4.88 Å². The van der Waals surface area contributed by atoms with Crippen molar-refractivity contribution in [2.24, 2.45) is 5.73 Å². The summed E-state index contributed by atoms with van der Waals surface area (Å²) in [5.74, 6) is -0.945. The van der Waals surface area contributed by atoms with Crippen LogP contribution in [0.5, 0.6) is 0 Å². The molecule has 0 aliphatic heterocycles. The van der Waals surface area contributed by atoms with Crippen LogP contribution in [-0.2, 0) is 11.3 Å². The van der Waals surface area contributed by atoms with Gasteiger partial charge in [-0.2, -0.15) is 0 Å². The van der Waals surface area contributed by atoms with Crippen molar-refractivity contribution in [2.75, 3.05) is 19.0 Å². The molecular formula is C11H13N5O3S. The molecule has 106 valence electrons. The number of anilines is 1. The molecule has 2 aromatic heterocycles. The fourth-order valence-corrected chi connectivity index (χ4v) is 2.25. The minimum atomic E-state index is -0.498. The van der Waals surface area contributed by atoms with Crippen molar-refractivity contribution in [3.05, 3.63) is 28.2 Å². The van der Waals surface area contributed by atoms with Crippen LogP contribution < -0.4 is 11.1 Å². The van der Waals surface area contributed by atoms with Crippen LogP contribution >= 0.6 is 11.3 Å². The summed E-state index contributed by atoms with van der Waals surface area (Å²) in [4.78, 5) is 23.8. The fraction of sp³-hybridized carbons (Fsp3) is 0.273. The minimum absolute atomic E-state index is 0.153. The summed E-state index contributed by atoms with van der Waals surface area (Å²) in [6.45, 7) is 0.883. The molecule has 0 spiro atoms. The molecule has 8 nitrogen and oxygen atoms in total. The van der Waals surface area contributed by atoms with Gasteiger partial charge >= 0.3 is 5.97 Å². The number of nitrogens with one attached hydrogen (secondary N) is 1. The van der Waals surface area contributed by atoms with Gasteiger partial charge < -0.3 is 15.8 Å². The third-order valence-corrected chi connectivity index (χ3v) is 3.31. The van der Waals surface area contributed by atoms with E-state index >= 15 is 0 Å². The smallest absolute Gasteiger partial charge is 0.350 e. The fourth-order valence-electron chi connectivity index (χ4n) is 1.49. The van der Waals surface area contributed by atoms with E-state index in [1.54, 1.807) is 11.4 Å². The van der Waals surface area contributed by atoms with Crippen LogP contribution in [0.1, 0.15) is 20.2 Å². The molecule has 0 saturated carbocycles. The predicted molar refractivity (Wildman–Crippen MR) is 72.7 cm³/mol. The average Bonchev–Trinajstić information content (AvgIpc) is 3.07. The zero-order chi connectivity index (χ0) is 14.5. The Kier molecular flexibility index (Phi) is 4.43. The van der Waals surface area contributed by atoms with E-state index in [0.717, 1.165) is 0 Å². The Morgan fingerprint density at radius 2 is 2.35 bits per heavy atom. The minimum Gasteiger partial charge on any atom is -0.465 e. The highest BCUT2D eigenvalue weighted by atomic mass is 32.1. The van der Waals surface area contributed by atoms with E-state index in [4.69, 9.17) is 5.73 Å². The van der Waals surface area contributed by atoms with Gasteiger partial charge in [0.25, 0.3) is 5.91 Å². The lowest BCUT2D eigenvalue weighted by Crippen LogP contribution is -2.14. The lowest BCUT2D eigenvalue weighted by molar-refractivity contribution is 0.0607. The first-order chi connectivity index (χ1) is 9.65. The average molecular weight is 295 g/mol. The SMILES string of the molecule is COC(=O)c1sccc1NC(=O)c1cn(CCN)nn1. The molecule has 2 rings (SSSR count). The predicted octanol–water partition coefficient (Wildman–Crippen LogP) is 0.337. The first-order valence-corrected chi connectivity index (χ1v) is 6.61. The molecule has 2 aromatic rings. The summed E-state index contributed by atoms with van der Waals surface area (Å²) >= 11 is 1.19. The van der Waals surface area contributed by atoms with E-state index in [9.17, 15) is 9.59 Å². The Bertz CT molecular complexity index is 621. The number of nitrogens with two attached hydrogens (primary N) is 1. The number of esters is 1. The van der Waals surface area contributed by atoms with Gasteiger partial charge in [-0.3, -0.25) is 9.48 Å². The van der Waals surface area contributed by atoms with Gasteiger partial charge in [0.15, 0.2) is 5.69 Å². The molecule has 9 heteroatoms. The standard InChI is InChI=1S/C11H13N5O3S/c1-19-11(18)9-7(2-5-20-9)13-10(17)8-6-16(4-3-12)15-14-8/h2,5-6H,3-4,12H2,1H3,(H,13,17). The van der Waals surface area contributed by atoms with Crippen molar-refractivity contribution >= 4 is 28.9 Å². The number of carbonyl (C=O) groups is 2. The highest BCUT2D eigenvalue weighted by Crippen LogP contribution is 2.23. The Balaban J connectivity index is 2.11. The summed E-state index contributed by atoms with van der Waals surface area (Å²) in [5, 5.41) is 11.8. The van der Waals surface area contributed by atoms with E-state index in [-0.39, 0.29) is 5.69 Å². The number of methoxy groups -OCH3 is 1. The second kappa shape index (κ2) is 6.26. The summed E-state index contributed by atoms with van der Waals surface area (Å²) in [7, 11) is 1.28. The molecule has 0 bridgehead atoms. The maximum absolute atomic E-state index is 12.0. The van der Waals surface area contributed by atoms with Crippen molar-refractivity contribution < 1.29 is 14.3 Å². The zero-order valence-corrected chi connectivity index (χ0v) is 11.5. The van der Waals surface area contributed by atoms with Gasteiger partial charge in [-0.15, -0.1) is 16.4 Å². The number of thiophene rings is 1. The van der Waals surface area contributed by atoms with E-state index in [1.807, 2.05) is 0 Å². The normalized spacial score (nSPS) is 10.3. The van der Waals surface area contributed by atoms with Gasteiger partial charge in [-0.05, 0) is 11.4 Å². The summed E-state index contributed by atoms with van der Waals surface area (Å²) in [5.41, 5.74) is 5.93. The Hall–Kier alpha value is -2.26. The molecule has 0 aromatic carbocycles. The van der Waals surface area contributed by atoms with Crippen LogP contribution in [0.4, 0.5) is 5.69 Å². The van der Waals surface area contributed by atoms with Crippen molar-refractivity contribution in [2.45, 2.75) is 6.54 Å². The summed E-state index contributed by atoms with van der Waals surface area (Å²) in [6.07, 6.45) is 1.49.